The minimum Gasteiger partial charge on any atom is -0.497 e. The van der Waals surface area contributed by atoms with Crippen molar-refractivity contribution in [2.75, 3.05) is 17.7 Å². The van der Waals surface area contributed by atoms with Crippen LogP contribution in [0.15, 0.2) is 78.9 Å². The molecule has 4 rings (SSSR count). The average molecular weight is 553 g/mol. The monoisotopic (exact) mass is 552 g/mol. The summed E-state index contributed by atoms with van der Waals surface area (Å²) < 4.78 is 11.4. The van der Waals surface area contributed by atoms with E-state index in [4.69, 9.17) is 14.5 Å². The summed E-state index contributed by atoms with van der Waals surface area (Å²) in [6, 6.07) is 26.4. The first-order chi connectivity index (χ1) is 20.1. The minimum atomic E-state index is 0.440. The van der Waals surface area contributed by atoms with Gasteiger partial charge < -0.3 is 20.1 Å². The average Bonchev–Trinajstić information content (AvgIpc) is 2.99. The third kappa shape index (κ3) is 10.1. The summed E-state index contributed by atoms with van der Waals surface area (Å²) in [5.74, 6) is 2.99. The number of aromatic nitrogens is 2. The smallest absolute Gasteiger partial charge is 0.232 e. The maximum atomic E-state index is 6.11. The highest BCUT2D eigenvalue weighted by Gasteiger charge is 2.09. The standard InChI is InChI=1S/C35H44N4O2/c1-4-6-8-10-12-27-14-18-29(19-15-27)36-33-26-34(41-32-24-22-31(40-3)23-25-32)39-35(38-33)37-30-20-16-28(17-21-30)13-11-9-7-5-2/h14-26H,4-13H2,1-3H3,(H2,36,37,38,39). The molecule has 0 spiro atoms. The number of nitrogens with zero attached hydrogens (tertiary/aromatic N) is 2. The first-order valence-electron chi connectivity index (χ1n) is 15.1. The zero-order valence-corrected chi connectivity index (χ0v) is 24.8. The first-order valence-corrected chi connectivity index (χ1v) is 15.1. The second-order valence-electron chi connectivity index (χ2n) is 10.5. The van der Waals surface area contributed by atoms with Gasteiger partial charge in [-0.15, -0.1) is 0 Å². The van der Waals surface area contributed by atoms with Crippen LogP contribution >= 0.6 is 0 Å². The third-order valence-electron chi connectivity index (χ3n) is 7.06. The Bertz CT molecular complexity index is 1230. The normalized spacial score (nSPS) is 10.8. The first kappa shape index (κ1) is 29.9. The molecule has 0 amide bonds. The molecule has 2 N–H and O–H groups in total. The van der Waals surface area contributed by atoms with Crippen LogP contribution in [-0.2, 0) is 12.8 Å². The lowest BCUT2D eigenvalue weighted by molar-refractivity contribution is 0.412. The van der Waals surface area contributed by atoms with E-state index in [1.54, 1.807) is 7.11 Å². The Morgan fingerprint density at radius 2 is 1.12 bits per heavy atom. The lowest BCUT2D eigenvalue weighted by atomic mass is 10.1. The summed E-state index contributed by atoms with van der Waals surface area (Å²) in [5, 5.41) is 6.79. The molecule has 0 bridgehead atoms. The molecule has 0 fully saturated rings. The van der Waals surface area contributed by atoms with Crippen molar-refractivity contribution in [1.82, 2.24) is 9.97 Å². The summed E-state index contributed by atoms with van der Waals surface area (Å²) >= 11 is 0. The van der Waals surface area contributed by atoms with Gasteiger partial charge in [0.15, 0.2) is 0 Å². The van der Waals surface area contributed by atoms with E-state index in [1.165, 1.54) is 62.5 Å². The van der Waals surface area contributed by atoms with Crippen molar-refractivity contribution in [3.63, 3.8) is 0 Å². The van der Waals surface area contributed by atoms with Crippen molar-refractivity contribution in [3.05, 3.63) is 90.0 Å². The molecule has 3 aromatic carbocycles. The van der Waals surface area contributed by atoms with Crippen LogP contribution in [0.1, 0.15) is 76.3 Å². The van der Waals surface area contributed by atoms with Crippen molar-refractivity contribution in [2.45, 2.75) is 78.1 Å². The summed E-state index contributed by atoms with van der Waals surface area (Å²) in [5.41, 5.74) is 4.60. The van der Waals surface area contributed by atoms with Crippen molar-refractivity contribution >= 4 is 23.1 Å². The van der Waals surface area contributed by atoms with Crippen LogP contribution < -0.4 is 20.1 Å². The number of aryl methyl sites for hydroxylation is 2. The quantitative estimate of drug-likeness (QED) is 0.127. The predicted octanol–water partition coefficient (Wildman–Crippen LogP) is 10.0. The molecule has 216 valence electrons. The zero-order chi connectivity index (χ0) is 28.7. The van der Waals surface area contributed by atoms with E-state index < -0.39 is 0 Å². The lowest BCUT2D eigenvalue weighted by Gasteiger charge is -2.13. The van der Waals surface area contributed by atoms with Crippen molar-refractivity contribution < 1.29 is 9.47 Å². The van der Waals surface area contributed by atoms with Crippen LogP contribution in [-0.4, -0.2) is 17.1 Å². The molecule has 6 nitrogen and oxygen atoms in total. The van der Waals surface area contributed by atoms with Crippen LogP contribution in [0, 0.1) is 0 Å². The minimum absolute atomic E-state index is 0.440. The van der Waals surface area contributed by atoms with Crippen molar-refractivity contribution in [1.29, 1.82) is 0 Å². The SMILES string of the molecule is CCCCCCc1ccc(Nc2cc(Oc3ccc(OC)cc3)nc(Nc3ccc(CCCCCC)cc3)n2)cc1. The molecular formula is C35H44N4O2. The molecule has 0 saturated heterocycles. The number of hydrogen-bond donors (Lipinski definition) is 2. The van der Waals surface area contributed by atoms with Gasteiger partial charge in [0.05, 0.1) is 7.11 Å². The molecule has 6 heteroatoms. The van der Waals surface area contributed by atoms with Crippen molar-refractivity contribution in [3.8, 4) is 17.4 Å². The molecule has 0 unspecified atom stereocenters. The number of rotatable bonds is 17. The van der Waals surface area contributed by atoms with E-state index >= 15 is 0 Å². The van der Waals surface area contributed by atoms with Gasteiger partial charge in [-0.3, -0.25) is 0 Å². The Morgan fingerprint density at radius 3 is 1.66 bits per heavy atom. The Kier molecular flexibility index (Phi) is 11.9. The number of nitrogens with one attached hydrogen (secondary N) is 2. The molecule has 0 aliphatic carbocycles. The number of unbranched alkanes of at least 4 members (excludes halogenated alkanes) is 6. The van der Waals surface area contributed by atoms with Crippen LogP contribution in [0.25, 0.3) is 0 Å². The second-order valence-corrected chi connectivity index (χ2v) is 10.5. The van der Waals surface area contributed by atoms with Crippen molar-refractivity contribution in [2.24, 2.45) is 0 Å². The molecular weight excluding hydrogens is 508 g/mol. The Balaban J connectivity index is 1.48. The third-order valence-corrected chi connectivity index (χ3v) is 7.06. The Labute approximate surface area is 245 Å². The van der Waals surface area contributed by atoms with Crippen LogP contribution in [0.4, 0.5) is 23.1 Å². The van der Waals surface area contributed by atoms with Gasteiger partial charge in [0.1, 0.15) is 17.3 Å². The number of benzene rings is 3. The van der Waals surface area contributed by atoms with Gasteiger partial charge in [0.2, 0.25) is 11.8 Å². The molecule has 1 heterocycles. The molecule has 0 saturated carbocycles. The number of methoxy groups -OCH3 is 1. The van der Waals surface area contributed by atoms with E-state index in [-0.39, 0.29) is 0 Å². The molecule has 4 aromatic rings. The molecule has 0 atom stereocenters. The highest BCUT2D eigenvalue weighted by molar-refractivity contribution is 5.61. The van der Waals surface area contributed by atoms with Gasteiger partial charge >= 0.3 is 0 Å². The van der Waals surface area contributed by atoms with E-state index in [0.717, 1.165) is 30.0 Å². The highest BCUT2D eigenvalue weighted by Crippen LogP contribution is 2.28. The van der Waals surface area contributed by atoms with Crippen LogP contribution in [0.5, 0.6) is 17.4 Å². The zero-order valence-electron chi connectivity index (χ0n) is 24.8. The summed E-state index contributed by atoms with van der Waals surface area (Å²) in [6.07, 6.45) is 12.3. The number of anilines is 4. The largest absolute Gasteiger partial charge is 0.497 e. The fourth-order valence-electron chi connectivity index (χ4n) is 4.66. The Hall–Kier alpha value is -4.06. The summed E-state index contributed by atoms with van der Waals surface area (Å²) in [6.45, 7) is 4.49. The maximum Gasteiger partial charge on any atom is 0.232 e. The molecule has 0 aliphatic rings. The van der Waals surface area contributed by atoms with Gasteiger partial charge in [-0.25, -0.2) is 0 Å². The van der Waals surface area contributed by atoms with E-state index in [0.29, 0.717) is 23.4 Å². The van der Waals surface area contributed by atoms with E-state index in [1.807, 2.05) is 30.3 Å². The van der Waals surface area contributed by atoms with Crippen LogP contribution in [0.3, 0.4) is 0 Å². The fourth-order valence-corrected chi connectivity index (χ4v) is 4.66. The fraction of sp³-hybridized carbons (Fsp3) is 0.371. The summed E-state index contributed by atoms with van der Waals surface area (Å²) in [4.78, 5) is 9.39. The molecule has 41 heavy (non-hydrogen) atoms. The lowest BCUT2D eigenvalue weighted by Crippen LogP contribution is -2.03. The summed E-state index contributed by atoms with van der Waals surface area (Å²) in [7, 11) is 1.65. The second kappa shape index (κ2) is 16.3. The molecule has 0 radical (unpaired) electrons. The highest BCUT2D eigenvalue weighted by atomic mass is 16.5. The molecule has 1 aromatic heterocycles. The van der Waals surface area contributed by atoms with Gasteiger partial charge in [-0.1, -0.05) is 76.6 Å². The van der Waals surface area contributed by atoms with Gasteiger partial charge in [-0.05, 0) is 85.3 Å². The van der Waals surface area contributed by atoms with E-state index in [9.17, 15) is 0 Å². The number of ether oxygens (including phenoxy) is 2. The maximum absolute atomic E-state index is 6.11. The predicted molar refractivity (Wildman–Crippen MR) is 170 cm³/mol. The van der Waals surface area contributed by atoms with E-state index in [2.05, 4.69) is 78.0 Å². The van der Waals surface area contributed by atoms with Gasteiger partial charge in [0, 0.05) is 17.4 Å². The molecule has 0 aliphatic heterocycles. The number of hydrogen-bond acceptors (Lipinski definition) is 6. The van der Waals surface area contributed by atoms with Gasteiger partial charge in [-0.2, -0.15) is 9.97 Å². The van der Waals surface area contributed by atoms with Crippen LogP contribution in [0.2, 0.25) is 0 Å². The van der Waals surface area contributed by atoms with Gasteiger partial charge in [0.25, 0.3) is 0 Å². The topological polar surface area (TPSA) is 68.3 Å². The Morgan fingerprint density at radius 1 is 0.585 bits per heavy atom.